The van der Waals surface area contributed by atoms with Crippen LogP contribution in [0.1, 0.15) is 11.1 Å². The van der Waals surface area contributed by atoms with Crippen LogP contribution in [0.2, 0.25) is 0 Å². The zero-order valence-electron chi connectivity index (χ0n) is 10.3. The Morgan fingerprint density at radius 2 is 1.67 bits per heavy atom. The van der Waals surface area contributed by atoms with E-state index in [9.17, 15) is 4.79 Å². The fourth-order valence-electron chi connectivity index (χ4n) is 2.21. The van der Waals surface area contributed by atoms with E-state index in [0.717, 1.165) is 11.1 Å². The molecule has 1 heterocycles. The summed E-state index contributed by atoms with van der Waals surface area (Å²) in [6, 6.07) is 14.2. The average molecular weight is 302 g/mol. The van der Waals surface area contributed by atoms with Crippen molar-refractivity contribution < 1.29 is 0 Å². The molecule has 0 aliphatic heterocycles. The summed E-state index contributed by atoms with van der Waals surface area (Å²) >= 11 is 0.0634. The van der Waals surface area contributed by atoms with Crippen molar-refractivity contribution in [1.29, 1.82) is 0 Å². The van der Waals surface area contributed by atoms with Gasteiger partial charge in [-0.1, -0.05) is 0 Å². The summed E-state index contributed by atoms with van der Waals surface area (Å²) < 4.78 is 3.09. The van der Waals surface area contributed by atoms with Gasteiger partial charge in [0.2, 0.25) is 0 Å². The van der Waals surface area contributed by atoms with Crippen LogP contribution in [0.3, 0.4) is 0 Å². The normalized spacial score (nSPS) is 11.0. The van der Waals surface area contributed by atoms with Gasteiger partial charge >= 0.3 is 111 Å². The van der Waals surface area contributed by atoms with Crippen LogP contribution >= 0.6 is 0 Å². The van der Waals surface area contributed by atoms with Gasteiger partial charge in [-0.25, -0.2) is 0 Å². The molecular weight excluding hydrogens is 289 g/mol. The molecule has 0 aliphatic carbocycles. The van der Waals surface area contributed by atoms with Crippen LogP contribution < -0.4 is 5.56 Å². The fraction of sp³-hybridized carbons (Fsp3) is 0.133. The standard InChI is InChI=1S/C15H13NOSe/c1-10-7-11(2)9-12(8-10)16-15(17)13-5-3-4-6-14(13)18-16/h3-9H,1-2H3. The Morgan fingerprint density at radius 1 is 1.00 bits per heavy atom. The average Bonchev–Trinajstić information content (AvgIpc) is 2.66. The van der Waals surface area contributed by atoms with Crippen LogP contribution in [0.25, 0.3) is 15.3 Å². The van der Waals surface area contributed by atoms with E-state index in [1.807, 2.05) is 21.8 Å². The van der Waals surface area contributed by atoms with Gasteiger partial charge in [-0.3, -0.25) is 0 Å². The van der Waals surface area contributed by atoms with Gasteiger partial charge in [-0.15, -0.1) is 0 Å². The Labute approximate surface area is 111 Å². The second-order valence-electron chi connectivity index (χ2n) is 4.53. The quantitative estimate of drug-likeness (QED) is 0.634. The summed E-state index contributed by atoms with van der Waals surface area (Å²) in [5, 5.41) is 0.858. The van der Waals surface area contributed by atoms with Crippen molar-refractivity contribution in [3.63, 3.8) is 0 Å². The topological polar surface area (TPSA) is 22.0 Å². The first-order chi connectivity index (χ1) is 8.65. The molecule has 0 atom stereocenters. The molecule has 18 heavy (non-hydrogen) atoms. The van der Waals surface area contributed by atoms with Crippen molar-refractivity contribution in [2.75, 3.05) is 0 Å². The third kappa shape index (κ3) is 1.86. The molecule has 0 N–H and O–H groups in total. The number of hydrogen-bond acceptors (Lipinski definition) is 1. The molecule has 0 saturated carbocycles. The van der Waals surface area contributed by atoms with Crippen molar-refractivity contribution in [2.45, 2.75) is 13.8 Å². The molecule has 3 heteroatoms. The van der Waals surface area contributed by atoms with Gasteiger partial charge in [-0.2, -0.15) is 0 Å². The van der Waals surface area contributed by atoms with Crippen LogP contribution in [-0.4, -0.2) is 18.3 Å². The summed E-state index contributed by atoms with van der Waals surface area (Å²) in [6.45, 7) is 4.13. The van der Waals surface area contributed by atoms with Gasteiger partial charge in [-0.05, 0) is 0 Å². The molecule has 90 valence electrons. The van der Waals surface area contributed by atoms with Crippen LogP contribution in [0, 0.1) is 13.8 Å². The first kappa shape index (κ1) is 11.5. The van der Waals surface area contributed by atoms with Crippen molar-refractivity contribution in [1.82, 2.24) is 3.56 Å². The third-order valence-corrected chi connectivity index (χ3v) is 5.27. The summed E-state index contributed by atoms with van der Waals surface area (Å²) in [5.41, 5.74) is 3.55. The zero-order valence-corrected chi connectivity index (χ0v) is 12.0. The molecule has 0 bridgehead atoms. The van der Waals surface area contributed by atoms with Gasteiger partial charge in [0.1, 0.15) is 0 Å². The van der Waals surface area contributed by atoms with Gasteiger partial charge in [0, 0.05) is 0 Å². The molecule has 0 radical (unpaired) electrons. The monoisotopic (exact) mass is 303 g/mol. The van der Waals surface area contributed by atoms with Gasteiger partial charge in [0.05, 0.1) is 0 Å². The first-order valence-electron chi connectivity index (χ1n) is 5.85. The number of fused-ring (bicyclic) bond motifs is 1. The molecule has 1 aromatic heterocycles. The number of aryl methyl sites for hydroxylation is 2. The molecule has 2 aromatic carbocycles. The van der Waals surface area contributed by atoms with Gasteiger partial charge in [0.15, 0.2) is 0 Å². The molecule has 2 nitrogen and oxygen atoms in total. The second kappa shape index (κ2) is 4.27. The Hall–Kier alpha value is -1.57. The maximum absolute atomic E-state index is 12.4. The third-order valence-electron chi connectivity index (χ3n) is 2.93. The predicted molar refractivity (Wildman–Crippen MR) is 76.0 cm³/mol. The van der Waals surface area contributed by atoms with E-state index in [1.54, 1.807) is 0 Å². The van der Waals surface area contributed by atoms with Crippen LogP contribution in [0.5, 0.6) is 0 Å². The summed E-state index contributed by atoms with van der Waals surface area (Å²) in [4.78, 5) is 12.4. The Morgan fingerprint density at radius 3 is 2.33 bits per heavy atom. The molecule has 0 unspecified atom stereocenters. The van der Waals surface area contributed by atoms with E-state index < -0.39 is 0 Å². The number of nitrogens with zero attached hydrogens (tertiary/aromatic N) is 1. The van der Waals surface area contributed by atoms with E-state index >= 15 is 0 Å². The van der Waals surface area contributed by atoms with Crippen LogP contribution in [-0.2, 0) is 0 Å². The van der Waals surface area contributed by atoms with E-state index in [1.165, 1.54) is 15.4 Å². The van der Waals surface area contributed by atoms with Crippen molar-refractivity contribution in [2.24, 2.45) is 0 Å². The molecule has 3 aromatic rings. The fourth-order valence-corrected chi connectivity index (χ4v) is 4.27. The van der Waals surface area contributed by atoms with E-state index in [0.29, 0.717) is 0 Å². The number of hydrogen-bond donors (Lipinski definition) is 0. The van der Waals surface area contributed by atoms with E-state index in [-0.39, 0.29) is 20.3 Å². The molecule has 0 fully saturated rings. The van der Waals surface area contributed by atoms with E-state index in [2.05, 4.69) is 38.1 Å². The summed E-state index contributed by atoms with van der Waals surface area (Å²) in [6.07, 6.45) is 0. The van der Waals surface area contributed by atoms with Crippen molar-refractivity contribution >= 4 is 24.4 Å². The minimum atomic E-state index is 0.0634. The molecule has 3 rings (SSSR count). The predicted octanol–water partition coefficient (Wildman–Crippen LogP) is 2.66. The molecule has 0 saturated heterocycles. The maximum atomic E-state index is 12.4. The zero-order chi connectivity index (χ0) is 12.7. The Bertz CT molecular complexity index is 762. The van der Waals surface area contributed by atoms with Crippen LogP contribution in [0.15, 0.2) is 47.3 Å². The number of rotatable bonds is 1. The van der Waals surface area contributed by atoms with Gasteiger partial charge < -0.3 is 0 Å². The minimum absolute atomic E-state index is 0.0634. The molecule has 0 amide bonds. The summed E-state index contributed by atoms with van der Waals surface area (Å²) in [7, 11) is 0. The Balaban J connectivity index is 2.31. The first-order valence-corrected chi connectivity index (χ1v) is 7.47. The SMILES string of the molecule is Cc1cc(C)cc(-n2[se]c3ccccc3c2=O)c1. The molecule has 0 aliphatic rings. The second-order valence-corrected chi connectivity index (χ2v) is 6.60. The number of benzene rings is 2. The van der Waals surface area contributed by atoms with E-state index in [4.69, 9.17) is 0 Å². The Kier molecular flexibility index (Phi) is 2.73. The van der Waals surface area contributed by atoms with Crippen molar-refractivity contribution in [3.8, 4) is 5.69 Å². The molecule has 0 spiro atoms. The molecular formula is C15H13NOSe. The summed E-state index contributed by atoms with van der Waals surface area (Å²) in [5.74, 6) is 0. The van der Waals surface area contributed by atoms with Crippen LogP contribution in [0.4, 0.5) is 0 Å². The van der Waals surface area contributed by atoms with Gasteiger partial charge in [0.25, 0.3) is 0 Å². The van der Waals surface area contributed by atoms with Crippen molar-refractivity contribution in [3.05, 3.63) is 63.9 Å². The number of aromatic nitrogens is 1.